The first-order chi connectivity index (χ1) is 8.25. The minimum Gasteiger partial charge on any atom is -0.308 e. The first-order valence-corrected chi connectivity index (χ1v) is 6.48. The van der Waals surface area contributed by atoms with E-state index in [0.29, 0.717) is 12.1 Å². The maximum absolute atomic E-state index is 4.27. The zero-order chi connectivity index (χ0) is 12.1. The average molecular weight is 234 g/mol. The van der Waals surface area contributed by atoms with Gasteiger partial charge in [0, 0.05) is 37.2 Å². The molecule has 0 bridgehead atoms. The average Bonchev–Trinajstić information content (AvgIpc) is 2.38. The van der Waals surface area contributed by atoms with E-state index in [1.54, 1.807) is 12.4 Å². The fourth-order valence-electron chi connectivity index (χ4n) is 2.29. The Labute approximate surface area is 103 Å². The van der Waals surface area contributed by atoms with Crippen molar-refractivity contribution in [1.29, 1.82) is 0 Å². The summed E-state index contributed by atoms with van der Waals surface area (Å²) >= 11 is 0. The summed E-state index contributed by atoms with van der Waals surface area (Å²) in [6.07, 6.45) is 7.76. The second kappa shape index (κ2) is 6.07. The molecule has 1 aromatic rings. The van der Waals surface area contributed by atoms with Crippen LogP contribution in [0.25, 0.3) is 0 Å². The van der Waals surface area contributed by atoms with Gasteiger partial charge in [0.1, 0.15) is 0 Å². The zero-order valence-corrected chi connectivity index (χ0v) is 10.8. The van der Waals surface area contributed by atoms with Gasteiger partial charge in [0.2, 0.25) is 0 Å². The first-order valence-electron chi connectivity index (χ1n) is 6.48. The van der Waals surface area contributed by atoms with Gasteiger partial charge in [-0.15, -0.1) is 0 Å². The highest BCUT2D eigenvalue weighted by molar-refractivity contribution is 4.94. The lowest BCUT2D eigenvalue weighted by atomic mass is 10.0. The third-order valence-corrected chi connectivity index (χ3v) is 3.45. The molecular formula is C13H22N4. The Bertz CT molecular complexity index is 317. The second-order valence-electron chi connectivity index (χ2n) is 4.98. The number of piperidine rings is 1. The lowest BCUT2D eigenvalue weighted by Crippen LogP contribution is -2.44. The van der Waals surface area contributed by atoms with Gasteiger partial charge in [-0.05, 0) is 39.8 Å². The first kappa shape index (κ1) is 12.5. The summed E-state index contributed by atoms with van der Waals surface area (Å²) in [6, 6.07) is 1.31. The molecule has 0 spiro atoms. The molecule has 0 amide bonds. The van der Waals surface area contributed by atoms with E-state index in [9.17, 15) is 0 Å². The maximum Gasteiger partial charge on any atom is 0.0724 e. The highest BCUT2D eigenvalue weighted by atomic mass is 15.2. The number of rotatable bonds is 4. The van der Waals surface area contributed by atoms with Crippen LogP contribution < -0.4 is 5.32 Å². The summed E-state index contributed by atoms with van der Waals surface area (Å²) < 4.78 is 0. The minimum atomic E-state index is 0.631. The van der Waals surface area contributed by atoms with E-state index in [0.717, 1.165) is 12.2 Å². The quantitative estimate of drug-likeness (QED) is 0.856. The molecule has 2 rings (SSSR count). The Morgan fingerprint density at radius 2 is 2.12 bits per heavy atom. The van der Waals surface area contributed by atoms with E-state index in [4.69, 9.17) is 0 Å². The van der Waals surface area contributed by atoms with Crippen molar-refractivity contribution < 1.29 is 0 Å². The van der Waals surface area contributed by atoms with E-state index in [1.165, 1.54) is 25.9 Å². The summed E-state index contributed by atoms with van der Waals surface area (Å²) in [4.78, 5) is 10.9. The third-order valence-electron chi connectivity index (χ3n) is 3.45. The van der Waals surface area contributed by atoms with Crippen LogP contribution >= 0.6 is 0 Å². The largest absolute Gasteiger partial charge is 0.308 e. The van der Waals surface area contributed by atoms with Crippen LogP contribution in [-0.2, 0) is 6.54 Å². The monoisotopic (exact) mass is 234 g/mol. The fraction of sp³-hybridized carbons (Fsp3) is 0.692. The van der Waals surface area contributed by atoms with Crippen molar-refractivity contribution in [1.82, 2.24) is 20.2 Å². The summed E-state index contributed by atoms with van der Waals surface area (Å²) in [7, 11) is 0. The standard InChI is InChI=1S/C13H22N4/c1-11(2)17-7-3-12(4-8-17)16-10-13-9-14-5-6-15-13/h5-6,9,11-12,16H,3-4,7-8,10H2,1-2H3. The number of nitrogens with one attached hydrogen (secondary N) is 1. The molecule has 1 aromatic heterocycles. The van der Waals surface area contributed by atoms with Gasteiger partial charge >= 0.3 is 0 Å². The van der Waals surface area contributed by atoms with E-state index in [1.807, 2.05) is 6.20 Å². The Kier molecular flexibility index (Phi) is 4.45. The van der Waals surface area contributed by atoms with Gasteiger partial charge in [-0.3, -0.25) is 9.97 Å². The van der Waals surface area contributed by atoms with Crippen molar-refractivity contribution in [2.75, 3.05) is 13.1 Å². The molecule has 1 N–H and O–H groups in total. The molecule has 0 radical (unpaired) electrons. The van der Waals surface area contributed by atoms with Crippen molar-refractivity contribution >= 4 is 0 Å². The van der Waals surface area contributed by atoms with Crippen LogP contribution in [0.1, 0.15) is 32.4 Å². The molecule has 0 aliphatic carbocycles. The van der Waals surface area contributed by atoms with E-state index in [2.05, 4.69) is 34.0 Å². The molecule has 1 fully saturated rings. The molecule has 0 aromatic carbocycles. The molecule has 1 aliphatic rings. The third kappa shape index (κ3) is 3.75. The van der Waals surface area contributed by atoms with Crippen LogP contribution in [-0.4, -0.2) is 40.0 Å². The predicted octanol–water partition coefficient (Wildman–Crippen LogP) is 1.44. The Morgan fingerprint density at radius 1 is 1.35 bits per heavy atom. The lowest BCUT2D eigenvalue weighted by molar-refractivity contribution is 0.160. The summed E-state index contributed by atoms with van der Waals surface area (Å²) in [5, 5.41) is 3.57. The number of hydrogen-bond donors (Lipinski definition) is 1. The molecule has 1 saturated heterocycles. The maximum atomic E-state index is 4.27. The predicted molar refractivity (Wildman–Crippen MR) is 68.6 cm³/mol. The zero-order valence-electron chi connectivity index (χ0n) is 10.8. The highest BCUT2D eigenvalue weighted by Crippen LogP contribution is 2.13. The van der Waals surface area contributed by atoms with Gasteiger partial charge in [-0.1, -0.05) is 0 Å². The van der Waals surface area contributed by atoms with Crippen LogP contribution in [0.5, 0.6) is 0 Å². The number of nitrogens with zero attached hydrogens (tertiary/aromatic N) is 3. The molecule has 0 saturated carbocycles. The number of aromatic nitrogens is 2. The molecular weight excluding hydrogens is 212 g/mol. The Balaban J connectivity index is 1.72. The molecule has 0 atom stereocenters. The van der Waals surface area contributed by atoms with E-state index in [-0.39, 0.29) is 0 Å². The Hall–Kier alpha value is -1.00. The van der Waals surface area contributed by atoms with Crippen molar-refractivity contribution in [3.63, 3.8) is 0 Å². The molecule has 1 aliphatic heterocycles. The van der Waals surface area contributed by atoms with Gasteiger partial charge in [0.25, 0.3) is 0 Å². The lowest BCUT2D eigenvalue weighted by Gasteiger charge is -2.34. The van der Waals surface area contributed by atoms with Gasteiger partial charge in [0.15, 0.2) is 0 Å². The van der Waals surface area contributed by atoms with Crippen molar-refractivity contribution in [2.45, 2.75) is 45.3 Å². The van der Waals surface area contributed by atoms with Crippen LogP contribution in [0.2, 0.25) is 0 Å². The smallest absolute Gasteiger partial charge is 0.0724 e. The molecule has 4 heteroatoms. The number of likely N-dealkylation sites (tertiary alicyclic amines) is 1. The summed E-state index contributed by atoms with van der Waals surface area (Å²) in [5.41, 5.74) is 1.03. The molecule has 4 nitrogen and oxygen atoms in total. The second-order valence-corrected chi connectivity index (χ2v) is 4.98. The van der Waals surface area contributed by atoms with Crippen molar-refractivity contribution in [3.05, 3.63) is 24.3 Å². The fourth-order valence-corrected chi connectivity index (χ4v) is 2.29. The molecule has 94 valence electrons. The van der Waals surface area contributed by atoms with Crippen LogP contribution in [0.15, 0.2) is 18.6 Å². The van der Waals surface area contributed by atoms with Crippen molar-refractivity contribution in [2.24, 2.45) is 0 Å². The summed E-state index contributed by atoms with van der Waals surface area (Å²) in [6.45, 7) is 7.78. The number of hydrogen-bond acceptors (Lipinski definition) is 4. The van der Waals surface area contributed by atoms with Crippen LogP contribution in [0, 0.1) is 0 Å². The van der Waals surface area contributed by atoms with E-state index < -0.39 is 0 Å². The van der Waals surface area contributed by atoms with E-state index >= 15 is 0 Å². The Morgan fingerprint density at radius 3 is 2.71 bits per heavy atom. The van der Waals surface area contributed by atoms with Gasteiger partial charge in [0.05, 0.1) is 5.69 Å². The highest BCUT2D eigenvalue weighted by Gasteiger charge is 2.20. The molecule has 0 unspecified atom stereocenters. The normalized spacial score (nSPS) is 18.8. The summed E-state index contributed by atoms with van der Waals surface area (Å²) in [5.74, 6) is 0. The van der Waals surface area contributed by atoms with Crippen LogP contribution in [0.3, 0.4) is 0 Å². The van der Waals surface area contributed by atoms with Gasteiger partial charge in [-0.2, -0.15) is 0 Å². The minimum absolute atomic E-state index is 0.631. The topological polar surface area (TPSA) is 41.0 Å². The van der Waals surface area contributed by atoms with Gasteiger partial charge < -0.3 is 10.2 Å². The molecule has 17 heavy (non-hydrogen) atoms. The van der Waals surface area contributed by atoms with Crippen LogP contribution in [0.4, 0.5) is 0 Å². The SMILES string of the molecule is CC(C)N1CCC(NCc2cnccn2)CC1. The van der Waals surface area contributed by atoms with Gasteiger partial charge in [-0.25, -0.2) is 0 Å². The van der Waals surface area contributed by atoms with Crippen molar-refractivity contribution in [3.8, 4) is 0 Å². The molecule has 2 heterocycles.